The fourth-order valence-electron chi connectivity index (χ4n) is 4.15. The SMILES string of the molecule is CCN(CC)c1nc2ccc(-c3nc(Nc4ccc(CN5CCNCC5)cn4)ncc3F)cc2s1.Cl. The van der Waals surface area contributed by atoms with Crippen LogP contribution in [0.25, 0.3) is 21.5 Å². The second-order valence-electron chi connectivity index (χ2n) is 8.44. The molecule has 0 aliphatic carbocycles. The van der Waals surface area contributed by atoms with Crippen LogP contribution in [0, 0.1) is 5.82 Å². The molecule has 5 rings (SSSR count). The van der Waals surface area contributed by atoms with Crippen molar-refractivity contribution in [2.45, 2.75) is 20.4 Å². The lowest BCUT2D eigenvalue weighted by atomic mass is 10.1. The first kappa shape index (κ1) is 26.2. The Morgan fingerprint density at radius 2 is 1.86 bits per heavy atom. The Morgan fingerprint density at radius 3 is 2.58 bits per heavy atom. The zero-order valence-electron chi connectivity index (χ0n) is 20.4. The summed E-state index contributed by atoms with van der Waals surface area (Å²) in [7, 11) is 0. The number of nitrogens with zero attached hydrogens (tertiary/aromatic N) is 6. The van der Waals surface area contributed by atoms with E-state index in [1.54, 1.807) is 11.3 Å². The van der Waals surface area contributed by atoms with E-state index in [1.165, 1.54) is 6.20 Å². The van der Waals surface area contributed by atoms with Crippen molar-refractivity contribution < 1.29 is 4.39 Å². The molecule has 0 amide bonds. The van der Waals surface area contributed by atoms with Crippen molar-refractivity contribution in [2.24, 2.45) is 0 Å². The summed E-state index contributed by atoms with van der Waals surface area (Å²) in [5.41, 5.74) is 2.99. The van der Waals surface area contributed by atoms with Crippen LogP contribution in [0.15, 0.2) is 42.7 Å². The largest absolute Gasteiger partial charge is 0.349 e. The van der Waals surface area contributed by atoms with Crippen molar-refractivity contribution in [1.29, 1.82) is 0 Å². The maximum atomic E-state index is 14.7. The maximum Gasteiger partial charge on any atom is 0.229 e. The molecule has 0 saturated carbocycles. The molecule has 1 aliphatic rings. The van der Waals surface area contributed by atoms with Gasteiger partial charge in [0.1, 0.15) is 11.5 Å². The van der Waals surface area contributed by atoms with Gasteiger partial charge in [0.2, 0.25) is 5.95 Å². The lowest BCUT2D eigenvalue weighted by Crippen LogP contribution is -2.42. The maximum absolute atomic E-state index is 14.7. The number of anilines is 3. The van der Waals surface area contributed by atoms with Gasteiger partial charge < -0.3 is 15.5 Å². The van der Waals surface area contributed by atoms with Gasteiger partial charge in [-0.15, -0.1) is 12.4 Å². The van der Waals surface area contributed by atoms with Gasteiger partial charge in [-0.2, -0.15) is 0 Å². The molecule has 36 heavy (non-hydrogen) atoms. The highest BCUT2D eigenvalue weighted by molar-refractivity contribution is 7.22. The van der Waals surface area contributed by atoms with E-state index in [4.69, 9.17) is 4.98 Å². The highest BCUT2D eigenvalue weighted by Crippen LogP contribution is 2.32. The lowest BCUT2D eigenvalue weighted by Gasteiger charge is -2.27. The van der Waals surface area contributed by atoms with Crippen molar-refractivity contribution in [3.05, 3.63) is 54.1 Å². The van der Waals surface area contributed by atoms with Crippen molar-refractivity contribution >= 4 is 50.9 Å². The van der Waals surface area contributed by atoms with Gasteiger partial charge in [-0.05, 0) is 37.6 Å². The molecule has 0 atom stereocenters. The van der Waals surface area contributed by atoms with Crippen molar-refractivity contribution in [3.63, 3.8) is 0 Å². The molecule has 0 spiro atoms. The lowest BCUT2D eigenvalue weighted by molar-refractivity contribution is 0.233. The van der Waals surface area contributed by atoms with Crippen molar-refractivity contribution in [1.82, 2.24) is 30.2 Å². The number of pyridine rings is 1. The Balaban J connectivity index is 0.00000304. The van der Waals surface area contributed by atoms with Gasteiger partial charge >= 0.3 is 0 Å². The molecule has 8 nitrogen and oxygen atoms in total. The van der Waals surface area contributed by atoms with Crippen LogP contribution in [0.1, 0.15) is 19.4 Å². The number of hydrogen-bond donors (Lipinski definition) is 2. The van der Waals surface area contributed by atoms with Crippen LogP contribution in [0.2, 0.25) is 0 Å². The molecule has 1 aliphatic heterocycles. The van der Waals surface area contributed by atoms with Crippen LogP contribution in [0.4, 0.5) is 21.3 Å². The average Bonchev–Trinajstić information content (AvgIpc) is 3.31. The molecule has 11 heteroatoms. The number of aromatic nitrogens is 4. The molecule has 0 bridgehead atoms. The minimum absolute atomic E-state index is 0. The van der Waals surface area contributed by atoms with E-state index in [-0.39, 0.29) is 18.1 Å². The van der Waals surface area contributed by atoms with Crippen LogP contribution in [-0.4, -0.2) is 64.1 Å². The number of piperazine rings is 1. The minimum Gasteiger partial charge on any atom is -0.349 e. The monoisotopic (exact) mass is 528 g/mol. The number of fused-ring (bicyclic) bond motifs is 1. The standard InChI is InChI=1S/C25H29FN8S.ClH/c1-3-34(4-2)25-30-20-7-6-18(13-21(20)35-25)23-19(26)15-29-24(32-23)31-22-8-5-17(14-28-22)16-33-11-9-27-10-12-33;/h5-8,13-15,27H,3-4,9-12,16H2,1-2H3,(H,28,29,31,32);1H. The van der Waals surface area contributed by atoms with Crippen LogP contribution in [0.5, 0.6) is 0 Å². The highest BCUT2D eigenvalue weighted by atomic mass is 35.5. The predicted octanol–water partition coefficient (Wildman–Crippen LogP) is 4.70. The Labute approximate surface area is 220 Å². The summed E-state index contributed by atoms with van der Waals surface area (Å²) >= 11 is 1.61. The van der Waals surface area contributed by atoms with Crippen LogP contribution >= 0.6 is 23.7 Å². The Morgan fingerprint density at radius 1 is 1.06 bits per heavy atom. The first-order valence-corrected chi connectivity index (χ1v) is 12.8. The molecule has 190 valence electrons. The molecule has 0 radical (unpaired) electrons. The number of nitrogens with one attached hydrogen (secondary N) is 2. The van der Waals surface area contributed by atoms with E-state index in [0.29, 0.717) is 17.3 Å². The van der Waals surface area contributed by atoms with E-state index in [2.05, 4.69) is 49.2 Å². The topological polar surface area (TPSA) is 82.1 Å². The molecule has 1 aromatic carbocycles. The summed E-state index contributed by atoms with van der Waals surface area (Å²) in [6.07, 6.45) is 3.06. The Hall–Kier alpha value is -2.92. The van der Waals surface area contributed by atoms with Crippen LogP contribution in [-0.2, 0) is 6.54 Å². The molecule has 4 heterocycles. The smallest absolute Gasteiger partial charge is 0.229 e. The van der Waals surface area contributed by atoms with Gasteiger partial charge in [0.15, 0.2) is 10.9 Å². The Bertz CT molecular complexity index is 1290. The normalized spacial score (nSPS) is 14.0. The molecule has 1 fully saturated rings. The van der Waals surface area contributed by atoms with E-state index in [1.807, 2.05) is 36.5 Å². The number of thiazole rings is 1. The molecular weight excluding hydrogens is 499 g/mol. The van der Waals surface area contributed by atoms with Gasteiger partial charge in [-0.25, -0.2) is 24.3 Å². The quantitative estimate of drug-likeness (QED) is 0.340. The third-order valence-corrected chi connectivity index (χ3v) is 7.19. The molecular formula is C25H30ClFN8S. The second-order valence-corrected chi connectivity index (χ2v) is 9.45. The summed E-state index contributed by atoms with van der Waals surface area (Å²) in [4.78, 5) is 22.4. The van der Waals surface area contributed by atoms with Crippen molar-refractivity contribution in [2.75, 3.05) is 49.5 Å². The molecule has 3 aromatic heterocycles. The van der Waals surface area contributed by atoms with Gasteiger partial charge in [-0.3, -0.25) is 4.90 Å². The van der Waals surface area contributed by atoms with E-state index >= 15 is 0 Å². The van der Waals surface area contributed by atoms with Gasteiger partial charge in [0.25, 0.3) is 0 Å². The summed E-state index contributed by atoms with van der Waals surface area (Å²) in [6, 6.07) is 9.67. The third kappa shape index (κ3) is 5.89. The number of rotatable bonds is 8. The van der Waals surface area contributed by atoms with E-state index < -0.39 is 5.82 Å². The van der Waals surface area contributed by atoms with E-state index in [0.717, 1.165) is 66.7 Å². The van der Waals surface area contributed by atoms with Crippen LogP contribution in [0.3, 0.4) is 0 Å². The second kappa shape index (κ2) is 11.9. The predicted molar refractivity (Wildman–Crippen MR) is 147 cm³/mol. The van der Waals surface area contributed by atoms with Gasteiger partial charge in [0.05, 0.1) is 16.4 Å². The zero-order valence-corrected chi connectivity index (χ0v) is 22.0. The molecule has 1 saturated heterocycles. The first-order chi connectivity index (χ1) is 17.1. The minimum atomic E-state index is -0.470. The molecule has 2 N–H and O–H groups in total. The van der Waals surface area contributed by atoms with E-state index in [9.17, 15) is 4.39 Å². The third-order valence-electron chi connectivity index (χ3n) is 6.11. The molecule has 0 unspecified atom stereocenters. The fraction of sp³-hybridized carbons (Fsp3) is 0.360. The Kier molecular flexibility index (Phi) is 8.63. The van der Waals surface area contributed by atoms with Crippen LogP contribution < -0.4 is 15.5 Å². The summed E-state index contributed by atoms with van der Waals surface area (Å²) in [6.45, 7) is 11.0. The summed E-state index contributed by atoms with van der Waals surface area (Å²) in [5, 5.41) is 7.44. The number of halogens is 2. The first-order valence-electron chi connectivity index (χ1n) is 12.0. The summed E-state index contributed by atoms with van der Waals surface area (Å²) < 4.78 is 15.7. The van der Waals surface area contributed by atoms with Gasteiger partial charge in [-0.1, -0.05) is 23.5 Å². The van der Waals surface area contributed by atoms with Gasteiger partial charge in [0, 0.05) is 57.6 Å². The molecule has 4 aromatic rings. The zero-order chi connectivity index (χ0) is 24.2. The summed E-state index contributed by atoms with van der Waals surface area (Å²) in [5.74, 6) is 0.452. The number of benzene rings is 1. The fourth-order valence-corrected chi connectivity index (χ4v) is 5.29. The average molecular weight is 529 g/mol. The van der Waals surface area contributed by atoms with Crippen molar-refractivity contribution in [3.8, 4) is 11.3 Å². The number of hydrogen-bond acceptors (Lipinski definition) is 9. The highest BCUT2D eigenvalue weighted by Gasteiger charge is 2.15.